The third-order valence-corrected chi connectivity index (χ3v) is 3.78. The number of carbonyl (C=O) groups is 1. The van der Waals surface area contributed by atoms with Crippen LogP contribution in [-0.2, 0) is 0 Å². The molecule has 21 heavy (non-hydrogen) atoms. The van der Waals surface area contributed by atoms with Crippen molar-refractivity contribution in [3.8, 4) is 5.75 Å². The van der Waals surface area contributed by atoms with E-state index in [1.54, 1.807) is 0 Å². The number of hydrogen-bond acceptors (Lipinski definition) is 5. The summed E-state index contributed by atoms with van der Waals surface area (Å²) >= 11 is 0. The largest absolute Gasteiger partial charge is 0.493 e. The summed E-state index contributed by atoms with van der Waals surface area (Å²) in [5.74, 6) is -1.06. The zero-order valence-electron chi connectivity index (χ0n) is 11.8. The Morgan fingerprint density at radius 1 is 1.57 bits per heavy atom. The molecule has 0 aromatic heterocycles. The zero-order chi connectivity index (χ0) is 15.4. The van der Waals surface area contributed by atoms with Crippen molar-refractivity contribution in [3.05, 3.63) is 33.9 Å². The first-order chi connectivity index (χ1) is 9.99. The van der Waals surface area contributed by atoms with Gasteiger partial charge in [0.2, 0.25) is 0 Å². The van der Waals surface area contributed by atoms with E-state index in [-0.39, 0.29) is 17.0 Å². The quantitative estimate of drug-likeness (QED) is 0.638. The fourth-order valence-corrected chi connectivity index (χ4v) is 2.57. The molecule has 1 unspecified atom stereocenters. The molecule has 1 saturated heterocycles. The van der Waals surface area contributed by atoms with E-state index in [2.05, 4.69) is 11.9 Å². The molecular formula is C14H18N2O5. The van der Waals surface area contributed by atoms with Crippen molar-refractivity contribution in [1.29, 1.82) is 0 Å². The summed E-state index contributed by atoms with van der Waals surface area (Å²) in [6.07, 6.45) is 3.09. The van der Waals surface area contributed by atoms with E-state index < -0.39 is 10.9 Å². The molecule has 1 fully saturated rings. The van der Waals surface area contributed by atoms with Gasteiger partial charge in [0, 0.05) is 18.2 Å². The molecule has 1 aromatic carbocycles. The summed E-state index contributed by atoms with van der Waals surface area (Å²) in [7, 11) is 2.06. The number of rotatable bonds is 6. The third kappa shape index (κ3) is 3.69. The number of ether oxygens (including phenoxy) is 1. The van der Waals surface area contributed by atoms with E-state index in [0.29, 0.717) is 12.6 Å². The van der Waals surface area contributed by atoms with Crippen molar-refractivity contribution >= 4 is 11.7 Å². The van der Waals surface area contributed by atoms with Crippen LogP contribution in [0.2, 0.25) is 0 Å². The summed E-state index contributed by atoms with van der Waals surface area (Å²) < 4.78 is 5.51. The Hall–Kier alpha value is -2.15. The first-order valence-electron chi connectivity index (χ1n) is 6.84. The lowest BCUT2D eigenvalue weighted by Crippen LogP contribution is -2.26. The van der Waals surface area contributed by atoms with Crippen LogP contribution in [0.4, 0.5) is 5.69 Å². The van der Waals surface area contributed by atoms with Gasteiger partial charge in [-0.2, -0.15) is 0 Å². The average Bonchev–Trinajstić information content (AvgIpc) is 2.84. The van der Waals surface area contributed by atoms with Crippen LogP contribution in [0.15, 0.2) is 18.2 Å². The number of benzene rings is 1. The lowest BCUT2D eigenvalue weighted by Gasteiger charge is -2.19. The first kappa shape index (κ1) is 15.2. The number of non-ortho nitro benzene ring substituents is 1. The molecule has 1 aliphatic heterocycles. The van der Waals surface area contributed by atoms with Gasteiger partial charge in [0.05, 0.1) is 11.5 Å². The van der Waals surface area contributed by atoms with Crippen LogP contribution in [0.1, 0.15) is 29.6 Å². The van der Waals surface area contributed by atoms with Gasteiger partial charge in [-0.1, -0.05) is 0 Å². The van der Waals surface area contributed by atoms with Crippen molar-refractivity contribution in [2.45, 2.75) is 25.3 Å². The van der Waals surface area contributed by atoms with Gasteiger partial charge in [-0.15, -0.1) is 0 Å². The highest BCUT2D eigenvalue weighted by atomic mass is 16.6. The predicted octanol–water partition coefficient (Wildman–Crippen LogP) is 2.16. The molecule has 0 spiro atoms. The van der Waals surface area contributed by atoms with Crippen LogP contribution in [0, 0.1) is 10.1 Å². The number of hydrogen-bond donors (Lipinski definition) is 1. The Labute approximate surface area is 122 Å². The highest BCUT2D eigenvalue weighted by Crippen LogP contribution is 2.25. The minimum absolute atomic E-state index is 0.175. The lowest BCUT2D eigenvalue weighted by atomic mass is 10.1. The molecule has 1 heterocycles. The van der Waals surface area contributed by atoms with Crippen LogP contribution in [0.5, 0.6) is 5.75 Å². The Bertz CT molecular complexity index is 546. The van der Waals surface area contributed by atoms with E-state index >= 15 is 0 Å². The molecule has 0 radical (unpaired) electrons. The Morgan fingerprint density at radius 3 is 2.90 bits per heavy atom. The molecule has 1 atom stereocenters. The molecule has 0 saturated carbocycles. The number of likely N-dealkylation sites (tertiary alicyclic amines) is 1. The zero-order valence-corrected chi connectivity index (χ0v) is 11.8. The fourth-order valence-electron chi connectivity index (χ4n) is 2.57. The van der Waals surface area contributed by atoms with E-state index in [4.69, 9.17) is 9.84 Å². The number of nitro groups is 1. The monoisotopic (exact) mass is 294 g/mol. The normalized spacial score (nSPS) is 18.6. The van der Waals surface area contributed by atoms with Crippen LogP contribution in [0.25, 0.3) is 0 Å². The minimum Gasteiger partial charge on any atom is -0.493 e. The van der Waals surface area contributed by atoms with Crippen molar-refractivity contribution in [2.75, 3.05) is 20.2 Å². The van der Waals surface area contributed by atoms with Gasteiger partial charge in [-0.05, 0) is 38.9 Å². The molecule has 0 bridgehead atoms. The molecule has 7 nitrogen and oxygen atoms in total. The molecule has 1 N–H and O–H groups in total. The maximum atomic E-state index is 11.2. The summed E-state index contributed by atoms with van der Waals surface area (Å²) in [4.78, 5) is 23.5. The number of carboxylic acids is 1. The maximum absolute atomic E-state index is 11.2. The number of carboxylic acid groups (broad SMARTS) is 1. The smallest absolute Gasteiger partial charge is 0.339 e. The van der Waals surface area contributed by atoms with Crippen molar-refractivity contribution < 1.29 is 19.6 Å². The van der Waals surface area contributed by atoms with Gasteiger partial charge in [-0.3, -0.25) is 10.1 Å². The second-order valence-corrected chi connectivity index (χ2v) is 5.16. The average molecular weight is 294 g/mol. The summed E-state index contributed by atoms with van der Waals surface area (Å²) in [5.41, 5.74) is -0.431. The van der Waals surface area contributed by atoms with Crippen LogP contribution in [0.3, 0.4) is 0 Å². The SMILES string of the molecule is CN1CCCC1CCOc1ccc([N+](=O)[O-])cc1C(=O)O. The summed E-state index contributed by atoms with van der Waals surface area (Å²) in [5, 5.41) is 19.8. The highest BCUT2D eigenvalue weighted by Gasteiger charge is 2.21. The minimum atomic E-state index is -1.23. The van der Waals surface area contributed by atoms with Crippen molar-refractivity contribution in [1.82, 2.24) is 4.90 Å². The van der Waals surface area contributed by atoms with E-state index in [9.17, 15) is 14.9 Å². The molecule has 114 valence electrons. The fraction of sp³-hybridized carbons (Fsp3) is 0.500. The Balaban J connectivity index is 2.02. The van der Waals surface area contributed by atoms with Crippen LogP contribution in [-0.4, -0.2) is 47.1 Å². The maximum Gasteiger partial charge on any atom is 0.339 e. The standard InChI is InChI=1S/C14H18N2O5/c1-15-7-2-3-10(15)6-8-21-13-5-4-11(16(19)20)9-12(13)14(17)18/h4-5,9-10H,2-3,6-8H2,1H3,(H,17,18). The van der Waals surface area contributed by atoms with E-state index in [1.165, 1.54) is 18.6 Å². The molecule has 7 heteroatoms. The lowest BCUT2D eigenvalue weighted by molar-refractivity contribution is -0.384. The number of nitro benzene ring substituents is 1. The molecular weight excluding hydrogens is 276 g/mol. The van der Waals surface area contributed by atoms with Crippen LogP contribution < -0.4 is 4.74 Å². The van der Waals surface area contributed by atoms with E-state index in [1.807, 2.05) is 0 Å². The Kier molecular flexibility index (Phi) is 4.74. The van der Waals surface area contributed by atoms with Crippen molar-refractivity contribution in [3.63, 3.8) is 0 Å². The first-order valence-corrected chi connectivity index (χ1v) is 6.84. The number of nitrogens with zero attached hydrogens (tertiary/aromatic N) is 2. The molecule has 1 aromatic rings. The topological polar surface area (TPSA) is 92.9 Å². The van der Waals surface area contributed by atoms with Gasteiger partial charge in [0.15, 0.2) is 0 Å². The number of aromatic carboxylic acids is 1. The Morgan fingerprint density at radius 2 is 2.33 bits per heavy atom. The molecule has 0 amide bonds. The summed E-state index contributed by atoms with van der Waals surface area (Å²) in [6, 6.07) is 4.08. The summed E-state index contributed by atoms with van der Waals surface area (Å²) in [6.45, 7) is 1.47. The molecule has 1 aliphatic rings. The third-order valence-electron chi connectivity index (χ3n) is 3.78. The molecule has 0 aliphatic carbocycles. The second kappa shape index (κ2) is 6.53. The van der Waals surface area contributed by atoms with Gasteiger partial charge in [0.25, 0.3) is 5.69 Å². The highest BCUT2D eigenvalue weighted by molar-refractivity contribution is 5.91. The molecule has 2 rings (SSSR count). The van der Waals surface area contributed by atoms with E-state index in [0.717, 1.165) is 25.5 Å². The predicted molar refractivity (Wildman–Crippen MR) is 75.8 cm³/mol. The van der Waals surface area contributed by atoms with Crippen molar-refractivity contribution in [2.24, 2.45) is 0 Å². The van der Waals surface area contributed by atoms with Gasteiger partial charge >= 0.3 is 5.97 Å². The van der Waals surface area contributed by atoms with Crippen LogP contribution >= 0.6 is 0 Å². The second-order valence-electron chi connectivity index (χ2n) is 5.16. The van der Waals surface area contributed by atoms with Gasteiger partial charge in [-0.25, -0.2) is 4.79 Å². The van der Waals surface area contributed by atoms with Gasteiger partial charge < -0.3 is 14.7 Å². The van der Waals surface area contributed by atoms with Gasteiger partial charge in [0.1, 0.15) is 11.3 Å².